The molecule has 102 valence electrons. The van der Waals surface area contributed by atoms with Crippen molar-refractivity contribution < 1.29 is 9.18 Å². The van der Waals surface area contributed by atoms with E-state index in [9.17, 15) is 9.18 Å². The molecule has 20 heavy (non-hydrogen) atoms. The molecule has 0 aliphatic carbocycles. The van der Waals surface area contributed by atoms with E-state index in [4.69, 9.17) is 11.6 Å². The summed E-state index contributed by atoms with van der Waals surface area (Å²) in [5.41, 5.74) is 1.16. The van der Waals surface area contributed by atoms with Gasteiger partial charge in [-0.3, -0.25) is 4.79 Å². The van der Waals surface area contributed by atoms with Gasteiger partial charge >= 0.3 is 0 Å². The Bertz CT molecular complexity index is 656. The smallest absolute Gasteiger partial charge is 0.237 e. The second kappa shape index (κ2) is 5.46. The lowest BCUT2D eigenvalue weighted by atomic mass is 10.1. The van der Waals surface area contributed by atoms with Crippen LogP contribution in [0.2, 0.25) is 5.02 Å². The molecule has 0 atom stereocenters. The summed E-state index contributed by atoms with van der Waals surface area (Å²) in [4.78, 5) is 14.7. The van der Waals surface area contributed by atoms with Crippen LogP contribution in [0.1, 0.15) is 5.56 Å². The molecule has 0 saturated heterocycles. The van der Waals surface area contributed by atoms with Crippen molar-refractivity contribution in [2.45, 2.75) is 11.4 Å². The first-order chi connectivity index (χ1) is 9.66. The van der Waals surface area contributed by atoms with Gasteiger partial charge in [-0.2, -0.15) is 0 Å². The van der Waals surface area contributed by atoms with Crippen molar-refractivity contribution in [2.75, 3.05) is 10.7 Å². The van der Waals surface area contributed by atoms with Gasteiger partial charge in [-0.1, -0.05) is 29.8 Å². The van der Waals surface area contributed by atoms with Gasteiger partial charge in [0.05, 0.1) is 18.0 Å². The van der Waals surface area contributed by atoms with E-state index in [2.05, 4.69) is 0 Å². The maximum atomic E-state index is 13.9. The Morgan fingerprint density at radius 3 is 2.80 bits per heavy atom. The molecule has 1 heterocycles. The number of rotatable bonds is 2. The first kappa shape index (κ1) is 13.5. The van der Waals surface area contributed by atoms with Gasteiger partial charge in [0.25, 0.3) is 0 Å². The average Bonchev–Trinajstić information content (AvgIpc) is 2.45. The molecule has 0 bridgehead atoms. The fraction of sp³-hybridized carbons (Fsp3) is 0.133. The standard InChI is InChI=1S/C15H11ClFNOS/c16-11-4-3-5-12(17)10(11)8-18-13-6-1-2-7-14(13)20-9-15(18)19/h1-7H,8-9H2. The second-order valence-electron chi connectivity index (χ2n) is 4.44. The van der Waals surface area contributed by atoms with E-state index in [1.165, 1.54) is 17.8 Å². The highest BCUT2D eigenvalue weighted by Crippen LogP contribution is 2.36. The summed E-state index contributed by atoms with van der Waals surface area (Å²) in [6, 6.07) is 12.2. The SMILES string of the molecule is O=C1CSc2ccccc2N1Cc1c(F)cccc1Cl. The Hall–Kier alpha value is -1.52. The second-order valence-corrected chi connectivity index (χ2v) is 5.86. The van der Waals surface area contributed by atoms with Gasteiger partial charge in [-0.25, -0.2) is 4.39 Å². The van der Waals surface area contributed by atoms with Crippen molar-refractivity contribution in [3.8, 4) is 0 Å². The van der Waals surface area contributed by atoms with Crippen LogP contribution in [-0.2, 0) is 11.3 Å². The number of nitrogens with zero attached hydrogens (tertiary/aromatic N) is 1. The molecule has 3 rings (SSSR count). The van der Waals surface area contributed by atoms with Crippen LogP contribution in [0, 0.1) is 5.82 Å². The Kier molecular flexibility index (Phi) is 3.68. The predicted molar refractivity (Wildman–Crippen MR) is 79.8 cm³/mol. The number of amides is 1. The van der Waals surface area contributed by atoms with Gasteiger partial charge in [0.15, 0.2) is 0 Å². The number of thioether (sulfide) groups is 1. The maximum Gasteiger partial charge on any atom is 0.237 e. The van der Waals surface area contributed by atoms with Gasteiger partial charge in [-0.05, 0) is 24.3 Å². The summed E-state index contributed by atoms with van der Waals surface area (Å²) in [7, 11) is 0. The van der Waals surface area contributed by atoms with Crippen LogP contribution in [0.15, 0.2) is 47.4 Å². The molecule has 2 aromatic rings. The molecule has 0 spiro atoms. The molecule has 2 nitrogen and oxygen atoms in total. The molecule has 0 unspecified atom stereocenters. The van der Waals surface area contributed by atoms with E-state index < -0.39 is 0 Å². The van der Waals surface area contributed by atoms with Crippen molar-refractivity contribution in [2.24, 2.45) is 0 Å². The van der Waals surface area contributed by atoms with Gasteiger partial charge in [-0.15, -0.1) is 11.8 Å². The number of fused-ring (bicyclic) bond motifs is 1. The number of hydrogen-bond donors (Lipinski definition) is 0. The van der Waals surface area contributed by atoms with Crippen LogP contribution in [0.25, 0.3) is 0 Å². The lowest BCUT2D eigenvalue weighted by molar-refractivity contribution is -0.116. The lowest BCUT2D eigenvalue weighted by Gasteiger charge is -2.29. The summed E-state index contributed by atoms with van der Waals surface area (Å²) < 4.78 is 13.9. The van der Waals surface area contributed by atoms with E-state index in [0.717, 1.165) is 10.6 Å². The number of halogens is 2. The zero-order valence-corrected chi connectivity index (χ0v) is 12.0. The minimum atomic E-state index is -0.388. The Morgan fingerprint density at radius 2 is 2.00 bits per heavy atom. The number of benzene rings is 2. The third-order valence-electron chi connectivity index (χ3n) is 3.19. The molecular weight excluding hydrogens is 297 g/mol. The lowest BCUT2D eigenvalue weighted by Crippen LogP contribution is -2.35. The van der Waals surface area contributed by atoms with Crippen molar-refractivity contribution >= 4 is 35.0 Å². The Labute approximate surface area is 125 Å². The molecule has 0 fully saturated rings. The van der Waals surface area contributed by atoms with E-state index >= 15 is 0 Å². The van der Waals surface area contributed by atoms with Crippen molar-refractivity contribution in [1.29, 1.82) is 0 Å². The number of anilines is 1. The molecule has 1 amide bonds. The first-order valence-electron chi connectivity index (χ1n) is 6.12. The molecule has 0 radical (unpaired) electrons. The Balaban J connectivity index is 2.00. The topological polar surface area (TPSA) is 20.3 Å². The van der Waals surface area contributed by atoms with Crippen molar-refractivity contribution in [1.82, 2.24) is 0 Å². The normalized spacial score (nSPS) is 14.3. The van der Waals surface area contributed by atoms with E-state index in [-0.39, 0.29) is 18.3 Å². The molecule has 1 aliphatic heterocycles. The van der Waals surface area contributed by atoms with Crippen LogP contribution < -0.4 is 4.90 Å². The number of carbonyl (C=O) groups is 1. The van der Waals surface area contributed by atoms with Gasteiger partial charge in [0.2, 0.25) is 5.91 Å². The van der Waals surface area contributed by atoms with Gasteiger partial charge in [0.1, 0.15) is 5.82 Å². The molecule has 0 N–H and O–H groups in total. The molecule has 0 aromatic heterocycles. The van der Waals surface area contributed by atoms with Crippen molar-refractivity contribution in [3.05, 3.63) is 58.9 Å². The summed E-state index contributed by atoms with van der Waals surface area (Å²) in [5, 5.41) is 0.341. The third kappa shape index (κ3) is 2.41. The highest BCUT2D eigenvalue weighted by atomic mass is 35.5. The van der Waals surface area contributed by atoms with Gasteiger partial charge in [0, 0.05) is 15.5 Å². The minimum Gasteiger partial charge on any atom is -0.306 e. The molecule has 2 aromatic carbocycles. The number of carbonyl (C=O) groups excluding carboxylic acids is 1. The van der Waals surface area contributed by atoms with E-state index in [1.807, 2.05) is 24.3 Å². The Morgan fingerprint density at radius 1 is 1.20 bits per heavy atom. The quantitative estimate of drug-likeness (QED) is 0.832. The fourth-order valence-corrected chi connectivity index (χ4v) is 3.33. The number of para-hydroxylation sites is 1. The summed E-state index contributed by atoms with van der Waals surface area (Å²) in [6.07, 6.45) is 0. The van der Waals surface area contributed by atoms with Crippen LogP contribution in [-0.4, -0.2) is 11.7 Å². The third-order valence-corrected chi connectivity index (χ3v) is 4.59. The largest absolute Gasteiger partial charge is 0.306 e. The minimum absolute atomic E-state index is 0.0342. The van der Waals surface area contributed by atoms with Crippen LogP contribution in [0.4, 0.5) is 10.1 Å². The monoisotopic (exact) mass is 307 g/mol. The average molecular weight is 308 g/mol. The van der Waals surface area contributed by atoms with Crippen LogP contribution >= 0.6 is 23.4 Å². The van der Waals surface area contributed by atoms with E-state index in [1.54, 1.807) is 17.0 Å². The number of hydrogen-bond acceptors (Lipinski definition) is 2. The molecule has 1 aliphatic rings. The first-order valence-corrected chi connectivity index (χ1v) is 7.48. The zero-order chi connectivity index (χ0) is 14.1. The van der Waals surface area contributed by atoms with Gasteiger partial charge < -0.3 is 4.90 Å². The van der Waals surface area contributed by atoms with E-state index in [0.29, 0.717) is 16.3 Å². The van der Waals surface area contributed by atoms with Crippen LogP contribution in [0.3, 0.4) is 0 Å². The maximum absolute atomic E-state index is 13.9. The van der Waals surface area contributed by atoms with Crippen LogP contribution in [0.5, 0.6) is 0 Å². The molecular formula is C15H11ClFNOS. The summed E-state index contributed by atoms with van der Waals surface area (Å²) in [6.45, 7) is 0.155. The highest BCUT2D eigenvalue weighted by Gasteiger charge is 2.25. The predicted octanol–water partition coefficient (Wildman–Crippen LogP) is 4.12. The molecule has 5 heteroatoms. The van der Waals surface area contributed by atoms with Crippen molar-refractivity contribution in [3.63, 3.8) is 0 Å². The zero-order valence-electron chi connectivity index (χ0n) is 10.5. The summed E-state index contributed by atoms with van der Waals surface area (Å²) in [5.74, 6) is -0.0580. The fourth-order valence-electron chi connectivity index (χ4n) is 2.17. The highest BCUT2D eigenvalue weighted by molar-refractivity contribution is 8.00. The molecule has 0 saturated carbocycles. The summed E-state index contributed by atoms with van der Waals surface area (Å²) >= 11 is 7.54.